The number of rotatable bonds is 6. The van der Waals surface area contributed by atoms with Crippen LogP contribution in [-0.2, 0) is 21.3 Å². The average Bonchev–Trinajstić information content (AvgIpc) is 2.69. The lowest BCUT2D eigenvalue weighted by atomic mass is 10.1. The van der Waals surface area contributed by atoms with Crippen LogP contribution in [0.1, 0.15) is 33.2 Å². The van der Waals surface area contributed by atoms with E-state index in [1.54, 1.807) is 44.3 Å². The Balaban J connectivity index is 1.77. The summed E-state index contributed by atoms with van der Waals surface area (Å²) in [6.45, 7) is 1.52. The maximum Gasteiger partial charge on any atom is 0.335 e. The summed E-state index contributed by atoms with van der Waals surface area (Å²) in [4.78, 5) is 37.1. The van der Waals surface area contributed by atoms with Crippen LogP contribution in [0.4, 0.5) is 5.69 Å². The standard InChI is InChI=1S/C20H19NO6S/c1-12(28(26)11-13-4-3-5-15(8-13)20(24)25)19(23)14-6-7-17-16(9-14)21(2)18(22)10-27-17/h3-9,12H,10-11H2,1-2H3,(H,24,25). The van der Waals surface area contributed by atoms with Crippen LogP contribution in [0.2, 0.25) is 0 Å². The van der Waals surface area contributed by atoms with E-state index in [0.29, 0.717) is 22.6 Å². The van der Waals surface area contributed by atoms with Crippen molar-refractivity contribution >= 4 is 34.1 Å². The number of Topliss-reactive ketones (excluding diaryl/α,β-unsaturated/α-hetero) is 1. The normalized spacial score (nSPS) is 15.4. The molecule has 2 aromatic carbocycles. The van der Waals surface area contributed by atoms with Crippen molar-refractivity contribution in [2.45, 2.75) is 17.9 Å². The van der Waals surface area contributed by atoms with E-state index in [0.717, 1.165) is 0 Å². The SMILES string of the molecule is CC(C(=O)c1ccc2c(c1)N(C)C(=O)CO2)S(=O)Cc1cccc(C(=O)O)c1. The highest BCUT2D eigenvalue weighted by molar-refractivity contribution is 7.85. The van der Waals surface area contributed by atoms with Gasteiger partial charge in [-0.15, -0.1) is 0 Å². The topological polar surface area (TPSA) is 101 Å². The van der Waals surface area contributed by atoms with E-state index in [2.05, 4.69) is 0 Å². The molecule has 1 aliphatic heterocycles. The molecule has 1 aliphatic rings. The maximum atomic E-state index is 12.8. The fourth-order valence-corrected chi connectivity index (χ4v) is 4.00. The first-order valence-corrected chi connectivity index (χ1v) is 9.93. The van der Waals surface area contributed by atoms with Crippen LogP contribution in [0.3, 0.4) is 0 Å². The quantitative estimate of drug-likeness (QED) is 0.745. The second-order valence-electron chi connectivity index (χ2n) is 6.46. The highest BCUT2D eigenvalue weighted by Crippen LogP contribution is 2.32. The van der Waals surface area contributed by atoms with Crippen molar-refractivity contribution in [2.75, 3.05) is 18.6 Å². The van der Waals surface area contributed by atoms with E-state index in [1.165, 1.54) is 17.0 Å². The minimum Gasteiger partial charge on any atom is -0.482 e. The summed E-state index contributed by atoms with van der Waals surface area (Å²) in [5, 5.41) is 8.26. The molecule has 2 atom stereocenters. The first-order valence-electron chi connectivity index (χ1n) is 8.55. The number of benzene rings is 2. The molecule has 0 radical (unpaired) electrons. The molecule has 2 unspecified atom stereocenters. The Bertz CT molecular complexity index is 986. The lowest BCUT2D eigenvalue weighted by Gasteiger charge is -2.26. The zero-order chi connectivity index (χ0) is 20.4. The third kappa shape index (κ3) is 3.96. The van der Waals surface area contributed by atoms with Crippen molar-refractivity contribution in [3.63, 3.8) is 0 Å². The molecule has 1 N–H and O–H groups in total. The van der Waals surface area contributed by atoms with E-state index in [4.69, 9.17) is 9.84 Å². The van der Waals surface area contributed by atoms with Gasteiger partial charge in [-0.2, -0.15) is 0 Å². The molecule has 3 rings (SSSR count). The minimum absolute atomic E-state index is 0.0490. The maximum absolute atomic E-state index is 12.8. The van der Waals surface area contributed by atoms with Crippen LogP contribution in [0.5, 0.6) is 5.75 Å². The summed E-state index contributed by atoms with van der Waals surface area (Å²) in [5.41, 5.74) is 1.52. The molecule has 8 heteroatoms. The molecule has 0 saturated heterocycles. The van der Waals surface area contributed by atoms with Crippen molar-refractivity contribution in [3.8, 4) is 5.75 Å². The van der Waals surface area contributed by atoms with Crippen molar-refractivity contribution in [3.05, 3.63) is 59.2 Å². The number of likely N-dealkylation sites (N-methyl/N-ethyl adjacent to an activating group) is 1. The predicted molar refractivity (Wildman–Crippen MR) is 104 cm³/mol. The van der Waals surface area contributed by atoms with Gasteiger partial charge in [-0.1, -0.05) is 12.1 Å². The van der Waals surface area contributed by atoms with Crippen LogP contribution in [0.15, 0.2) is 42.5 Å². The highest BCUT2D eigenvalue weighted by atomic mass is 32.2. The Labute approximate surface area is 164 Å². The number of anilines is 1. The van der Waals surface area contributed by atoms with E-state index in [1.807, 2.05) is 0 Å². The number of hydrogen-bond acceptors (Lipinski definition) is 5. The molecular weight excluding hydrogens is 382 g/mol. The molecule has 1 heterocycles. The Morgan fingerprint density at radius 1 is 1.21 bits per heavy atom. The Hall–Kier alpha value is -3.00. The largest absolute Gasteiger partial charge is 0.482 e. The summed E-state index contributed by atoms with van der Waals surface area (Å²) < 4.78 is 18.0. The fraction of sp³-hybridized carbons (Fsp3) is 0.250. The first-order chi connectivity index (χ1) is 13.3. The van der Waals surface area contributed by atoms with Gasteiger partial charge >= 0.3 is 5.97 Å². The molecule has 0 saturated carbocycles. The van der Waals surface area contributed by atoms with Gasteiger partial charge in [0.15, 0.2) is 12.4 Å². The van der Waals surface area contributed by atoms with E-state index in [-0.39, 0.29) is 29.6 Å². The number of carboxylic acid groups (broad SMARTS) is 1. The molecule has 0 aromatic heterocycles. The molecule has 0 fully saturated rings. The summed E-state index contributed by atoms with van der Waals surface area (Å²) in [7, 11) is 0.0666. The molecule has 0 bridgehead atoms. The Morgan fingerprint density at radius 3 is 2.68 bits per heavy atom. The van der Waals surface area contributed by atoms with Gasteiger partial charge in [0.2, 0.25) is 0 Å². The average molecular weight is 401 g/mol. The predicted octanol–water partition coefficient (Wildman–Crippen LogP) is 2.26. The molecule has 0 spiro atoms. The molecule has 28 heavy (non-hydrogen) atoms. The van der Waals surface area contributed by atoms with Gasteiger partial charge < -0.3 is 14.7 Å². The number of carboxylic acids is 1. The van der Waals surface area contributed by atoms with Gasteiger partial charge in [0.1, 0.15) is 5.75 Å². The zero-order valence-corrected chi connectivity index (χ0v) is 16.2. The van der Waals surface area contributed by atoms with Gasteiger partial charge in [0.25, 0.3) is 5.91 Å². The summed E-state index contributed by atoms with van der Waals surface area (Å²) in [6.07, 6.45) is 0. The van der Waals surface area contributed by atoms with Crippen molar-refractivity contribution in [1.82, 2.24) is 0 Å². The highest BCUT2D eigenvalue weighted by Gasteiger charge is 2.26. The number of amides is 1. The number of carbonyl (C=O) groups excluding carboxylic acids is 2. The van der Waals surface area contributed by atoms with Crippen LogP contribution in [-0.4, -0.2) is 45.9 Å². The van der Waals surface area contributed by atoms with E-state index < -0.39 is 22.0 Å². The van der Waals surface area contributed by atoms with Crippen LogP contribution in [0.25, 0.3) is 0 Å². The van der Waals surface area contributed by atoms with Gasteiger partial charge in [-0.3, -0.25) is 13.8 Å². The van der Waals surface area contributed by atoms with Gasteiger partial charge in [0, 0.05) is 29.2 Å². The summed E-state index contributed by atoms with van der Waals surface area (Å²) in [5.74, 6) is -1.01. The molecular formula is C20H19NO6S. The number of nitrogens with zero attached hydrogens (tertiary/aromatic N) is 1. The molecule has 7 nitrogen and oxygen atoms in total. The van der Waals surface area contributed by atoms with Gasteiger partial charge in [-0.25, -0.2) is 4.79 Å². The summed E-state index contributed by atoms with van der Waals surface area (Å²) in [6, 6.07) is 10.9. The van der Waals surface area contributed by atoms with Crippen LogP contribution >= 0.6 is 0 Å². The third-order valence-electron chi connectivity index (χ3n) is 4.58. The van der Waals surface area contributed by atoms with Gasteiger partial charge in [0.05, 0.1) is 16.5 Å². The number of carbonyl (C=O) groups is 3. The van der Waals surface area contributed by atoms with Crippen LogP contribution in [0, 0.1) is 0 Å². The lowest BCUT2D eigenvalue weighted by Crippen LogP contribution is -2.35. The number of ether oxygens (including phenoxy) is 1. The second kappa shape index (κ2) is 7.93. The Kier molecular flexibility index (Phi) is 5.60. The monoisotopic (exact) mass is 401 g/mol. The van der Waals surface area contributed by atoms with E-state index in [9.17, 15) is 18.6 Å². The summed E-state index contributed by atoms with van der Waals surface area (Å²) >= 11 is 0. The molecule has 2 aromatic rings. The molecule has 0 aliphatic carbocycles. The smallest absolute Gasteiger partial charge is 0.335 e. The number of ketones is 1. The van der Waals surface area contributed by atoms with Crippen molar-refractivity contribution in [2.24, 2.45) is 0 Å². The number of aromatic carboxylic acids is 1. The van der Waals surface area contributed by atoms with E-state index >= 15 is 0 Å². The molecule has 146 valence electrons. The molecule has 1 amide bonds. The van der Waals surface area contributed by atoms with Gasteiger partial charge in [-0.05, 0) is 42.8 Å². The van der Waals surface area contributed by atoms with Crippen molar-refractivity contribution < 1.29 is 28.4 Å². The van der Waals surface area contributed by atoms with Crippen molar-refractivity contribution in [1.29, 1.82) is 0 Å². The second-order valence-corrected chi connectivity index (χ2v) is 8.22. The fourth-order valence-electron chi connectivity index (χ4n) is 2.86. The number of fused-ring (bicyclic) bond motifs is 1. The first kappa shape index (κ1) is 19.8. The third-order valence-corrected chi connectivity index (χ3v) is 6.20. The minimum atomic E-state index is -1.54. The lowest BCUT2D eigenvalue weighted by molar-refractivity contribution is -0.121. The van der Waals surface area contributed by atoms with Crippen LogP contribution < -0.4 is 9.64 Å². The zero-order valence-electron chi connectivity index (χ0n) is 15.4. The number of hydrogen-bond donors (Lipinski definition) is 1. The Morgan fingerprint density at radius 2 is 1.96 bits per heavy atom.